The summed E-state index contributed by atoms with van der Waals surface area (Å²) in [6, 6.07) is 10.7. The van der Waals surface area contributed by atoms with Gasteiger partial charge in [-0.05, 0) is 18.2 Å². The van der Waals surface area contributed by atoms with Crippen molar-refractivity contribution in [2.75, 3.05) is 27.4 Å². The van der Waals surface area contributed by atoms with Crippen molar-refractivity contribution in [2.24, 2.45) is 0 Å². The number of rotatable bonds is 7. The summed E-state index contributed by atoms with van der Waals surface area (Å²) in [5, 5.41) is 2.66. The number of halogens is 1. The van der Waals surface area contributed by atoms with Gasteiger partial charge in [-0.3, -0.25) is 4.79 Å². The molecule has 122 valence electrons. The molecular formula is C17H18FNO4. The van der Waals surface area contributed by atoms with E-state index in [1.54, 1.807) is 38.5 Å². The molecular weight excluding hydrogens is 301 g/mol. The van der Waals surface area contributed by atoms with Gasteiger partial charge >= 0.3 is 0 Å². The fourth-order valence-electron chi connectivity index (χ4n) is 1.93. The van der Waals surface area contributed by atoms with E-state index in [4.69, 9.17) is 14.2 Å². The zero-order valence-corrected chi connectivity index (χ0v) is 13.0. The van der Waals surface area contributed by atoms with E-state index in [1.807, 2.05) is 0 Å². The van der Waals surface area contributed by atoms with Gasteiger partial charge < -0.3 is 19.5 Å². The molecule has 23 heavy (non-hydrogen) atoms. The smallest absolute Gasteiger partial charge is 0.251 e. The summed E-state index contributed by atoms with van der Waals surface area (Å²) in [4.78, 5) is 11.8. The first-order valence-electron chi connectivity index (χ1n) is 7.02. The Hall–Kier alpha value is -2.76. The molecule has 5 nitrogen and oxygen atoms in total. The molecule has 0 saturated carbocycles. The summed E-state index contributed by atoms with van der Waals surface area (Å²) in [7, 11) is 3.11. The second-order valence-corrected chi connectivity index (χ2v) is 4.66. The predicted molar refractivity (Wildman–Crippen MR) is 83.8 cm³/mol. The maximum absolute atomic E-state index is 13.1. The van der Waals surface area contributed by atoms with Crippen molar-refractivity contribution in [3.63, 3.8) is 0 Å². The molecule has 0 fully saturated rings. The Bertz CT molecular complexity index is 653. The maximum Gasteiger partial charge on any atom is 0.251 e. The Morgan fingerprint density at radius 2 is 1.70 bits per heavy atom. The van der Waals surface area contributed by atoms with Crippen molar-refractivity contribution in [1.82, 2.24) is 5.32 Å². The fraction of sp³-hybridized carbons (Fsp3) is 0.235. The summed E-state index contributed by atoms with van der Waals surface area (Å²) in [6.45, 7) is 0.548. The summed E-state index contributed by atoms with van der Waals surface area (Å²) in [5.74, 6) is 1.00. The molecule has 0 atom stereocenters. The highest BCUT2D eigenvalue weighted by Gasteiger charge is 2.06. The third-order valence-corrected chi connectivity index (χ3v) is 3.07. The van der Waals surface area contributed by atoms with Gasteiger partial charge in [0.1, 0.15) is 29.7 Å². The van der Waals surface area contributed by atoms with Gasteiger partial charge in [-0.1, -0.05) is 6.07 Å². The molecule has 2 rings (SSSR count). The number of ether oxygens (including phenoxy) is 3. The van der Waals surface area contributed by atoms with Crippen molar-refractivity contribution in [3.05, 3.63) is 53.8 Å². The summed E-state index contributed by atoms with van der Waals surface area (Å²) in [6.07, 6.45) is 0. The Balaban J connectivity index is 1.84. The van der Waals surface area contributed by atoms with Gasteiger partial charge in [0.15, 0.2) is 0 Å². The first-order valence-corrected chi connectivity index (χ1v) is 7.02. The largest absolute Gasteiger partial charge is 0.496 e. The minimum Gasteiger partial charge on any atom is -0.496 e. The van der Waals surface area contributed by atoms with Crippen LogP contribution < -0.4 is 19.5 Å². The molecule has 0 aliphatic heterocycles. The maximum atomic E-state index is 13.1. The molecule has 0 bridgehead atoms. The molecule has 1 amide bonds. The number of hydrogen-bond acceptors (Lipinski definition) is 4. The molecule has 0 aromatic heterocycles. The minimum absolute atomic E-state index is 0.261. The third kappa shape index (κ3) is 4.88. The monoisotopic (exact) mass is 319 g/mol. The normalized spacial score (nSPS) is 10.0. The predicted octanol–water partition coefficient (Wildman–Crippen LogP) is 2.65. The Kier molecular flexibility index (Phi) is 5.80. The van der Waals surface area contributed by atoms with E-state index >= 15 is 0 Å². The van der Waals surface area contributed by atoms with Gasteiger partial charge in [0.25, 0.3) is 5.91 Å². The standard InChI is InChI=1S/C17H18FNO4/c1-21-14-9-15(22-2)11-16(10-14)23-7-6-19-17(20)12-4-3-5-13(18)8-12/h3-5,8-11H,6-7H2,1-2H3,(H,19,20). The number of methoxy groups -OCH3 is 2. The Morgan fingerprint density at radius 1 is 1.04 bits per heavy atom. The molecule has 0 aliphatic carbocycles. The minimum atomic E-state index is -0.447. The van der Waals surface area contributed by atoms with E-state index in [9.17, 15) is 9.18 Å². The molecule has 2 aromatic rings. The van der Waals surface area contributed by atoms with E-state index in [1.165, 1.54) is 18.2 Å². The number of amides is 1. The van der Waals surface area contributed by atoms with Crippen LogP contribution in [0.5, 0.6) is 17.2 Å². The van der Waals surface area contributed by atoms with Gasteiger partial charge in [-0.15, -0.1) is 0 Å². The zero-order chi connectivity index (χ0) is 16.7. The van der Waals surface area contributed by atoms with Crippen LogP contribution in [0.15, 0.2) is 42.5 Å². The topological polar surface area (TPSA) is 56.8 Å². The lowest BCUT2D eigenvalue weighted by atomic mass is 10.2. The second kappa shape index (κ2) is 8.03. The van der Waals surface area contributed by atoms with Crippen molar-refractivity contribution < 1.29 is 23.4 Å². The van der Waals surface area contributed by atoms with Crippen LogP contribution in [-0.2, 0) is 0 Å². The van der Waals surface area contributed by atoms with Gasteiger partial charge in [0.2, 0.25) is 0 Å². The average molecular weight is 319 g/mol. The first-order chi connectivity index (χ1) is 11.1. The van der Waals surface area contributed by atoms with Crippen molar-refractivity contribution >= 4 is 5.91 Å². The highest BCUT2D eigenvalue weighted by atomic mass is 19.1. The summed E-state index contributed by atoms with van der Waals surface area (Å²) < 4.78 is 28.9. The Labute approximate surface area is 134 Å². The van der Waals surface area contributed by atoms with Crippen LogP contribution in [0.4, 0.5) is 4.39 Å². The number of benzene rings is 2. The lowest BCUT2D eigenvalue weighted by molar-refractivity contribution is 0.0946. The molecule has 2 aromatic carbocycles. The van der Waals surface area contributed by atoms with Crippen LogP contribution >= 0.6 is 0 Å². The summed E-state index contributed by atoms with van der Waals surface area (Å²) in [5.41, 5.74) is 0.271. The molecule has 0 aliphatic rings. The van der Waals surface area contributed by atoms with Crippen LogP contribution in [0.1, 0.15) is 10.4 Å². The molecule has 0 heterocycles. The van der Waals surface area contributed by atoms with E-state index < -0.39 is 5.82 Å². The SMILES string of the molecule is COc1cc(OC)cc(OCCNC(=O)c2cccc(F)c2)c1. The number of carbonyl (C=O) groups excluding carboxylic acids is 1. The lowest BCUT2D eigenvalue weighted by Gasteiger charge is -2.11. The van der Waals surface area contributed by atoms with Gasteiger partial charge in [-0.25, -0.2) is 4.39 Å². The van der Waals surface area contributed by atoms with E-state index in [0.717, 1.165) is 0 Å². The number of nitrogens with one attached hydrogen (secondary N) is 1. The van der Waals surface area contributed by atoms with Gasteiger partial charge in [0, 0.05) is 23.8 Å². The van der Waals surface area contributed by atoms with Crippen LogP contribution in [0.3, 0.4) is 0 Å². The van der Waals surface area contributed by atoms with Crippen molar-refractivity contribution in [2.45, 2.75) is 0 Å². The van der Waals surface area contributed by atoms with Crippen molar-refractivity contribution in [1.29, 1.82) is 0 Å². The van der Waals surface area contributed by atoms with E-state index in [0.29, 0.717) is 17.2 Å². The van der Waals surface area contributed by atoms with Crippen LogP contribution in [0.2, 0.25) is 0 Å². The summed E-state index contributed by atoms with van der Waals surface area (Å²) >= 11 is 0. The quantitative estimate of drug-likeness (QED) is 0.797. The molecule has 0 spiro atoms. The van der Waals surface area contributed by atoms with E-state index in [2.05, 4.69) is 5.32 Å². The molecule has 0 radical (unpaired) electrons. The van der Waals surface area contributed by atoms with Crippen LogP contribution in [0.25, 0.3) is 0 Å². The molecule has 6 heteroatoms. The van der Waals surface area contributed by atoms with Crippen LogP contribution in [-0.4, -0.2) is 33.3 Å². The van der Waals surface area contributed by atoms with Crippen molar-refractivity contribution in [3.8, 4) is 17.2 Å². The number of carbonyl (C=O) groups is 1. The number of hydrogen-bond donors (Lipinski definition) is 1. The Morgan fingerprint density at radius 3 is 2.30 bits per heavy atom. The second-order valence-electron chi connectivity index (χ2n) is 4.66. The zero-order valence-electron chi connectivity index (χ0n) is 13.0. The highest BCUT2D eigenvalue weighted by molar-refractivity contribution is 5.94. The molecule has 0 unspecified atom stereocenters. The first kappa shape index (κ1) is 16.6. The van der Waals surface area contributed by atoms with Crippen LogP contribution in [0, 0.1) is 5.82 Å². The molecule has 0 saturated heterocycles. The average Bonchev–Trinajstić information content (AvgIpc) is 2.58. The van der Waals surface area contributed by atoms with E-state index in [-0.39, 0.29) is 24.6 Å². The van der Waals surface area contributed by atoms with Gasteiger partial charge in [-0.2, -0.15) is 0 Å². The lowest BCUT2D eigenvalue weighted by Crippen LogP contribution is -2.28. The highest BCUT2D eigenvalue weighted by Crippen LogP contribution is 2.27. The molecule has 1 N–H and O–H groups in total. The third-order valence-electron chi connectivity index (χ3n) is 3.07. The van der Waals surface area contributed by atoms with Gasteiger partial charge in [0.05, 0.1) is 20.8 Å². The fourth-order valence-corrected chi connectivity index (χ4v) is 1.93.